The summed E-state index contributed by atoms with van der Waals surface area (Å²) in [6.45, 7) is 9.07. The van der Waals surface area contributed by atoms with Crippen molar-refractivity contribution in [3.63, 3.8) is 0 Å². The van der Waals surface area contributed by atoms with E-state index in [0.29, 0.717) is 11.8 Å². The van der Waals surface area contributed by atoms with Gasteiger partial charge in [-0.15, -0.1) is 11.3 Å². The molecule has 1 atom stereocenters. The van der Waals surface area contributed by atoms with Gasteiger partial charge in [0.25, 0.3) is 0 Å². The van der Waals surface area contributed by atoms with Gasteiger partial charge >= 0.3 is 125 Å². The summed E-state index contributed by atoms with van der Waals surface area (Å²) in [7, 11) is 0. The summed E-state index contributed by atoms with van der Waals surface area (Å²) in [6, 6.07) is 48.6. The first-order valence-electron chi connectivity index (χ1n) is 19.7. The van der Waals surface area contributed by atoms with Crippen molar-refractivity contribution in [1.82, 2.24) is 0 Å². The van der Waals surface area contributed by atoms with E-state index in [1.807, 2.05) is 30.3 Å². The number of benzene rings is 6. The number of furan rings is 1. The van der Waals surface area contributed by atoms with E-state index in [-0.39, 0.29) is 26.3 Å². The molecular weight excluding hydrogens is 909 g/mol. The number of rotatable bonds is 6. The molecule has 3 nitrogen and oxygen atoms in total. The zero-order valence-electron chi connectivity index (χ0n) is 33.1. The molecule has 55 heavy (non-hydrogen) atoms. The Morgan fingerprint density at radius 2 is 1.40 bits per heavy atom. The van der Waals surface area contributed by atoms with Crippen LogP contribution in [0.5, 0.6) is 0 Å². The summed E-state index contributed by atoms with van der Waals surface area (Å²) < 4.78 is 8.08. The number of nitrogens with zero attached hydrogens (tertiary/aromatic N) is 2. The zero-order valence-corrected chi connectivity index (χ0v) is 37.6. The first-order valence-corrected chi connectivity index (χ1v) is 27.0. The van der Waals surface area contributed by atoms with Gasteiger partial charge in [-0.2, -0.15) is 18.2 Å². The van der Waals surface area contributed by atoms with E-state index < -0.39 is 13.3 Å². The molecule has 0 N–H and O–H groups in total. The second-order valence-corrected chi connectivity index (χ2v) is 27.0. The van der Waals surface area contributed by atoms with E-state index in [1.54, 1.807) is 15.5 Å². The van der Waals surface area contributed by atoms with Crippen LogP contribution < -0.4 is 9.30 Å². The molecule has 2 aliphatic rings. The maximum Gasteiger partial charge on any atom is 0 e. The van der Waals surface area contributed by atoms with Gasteiger partial charge in [-0.3, -0.25) is 0 Å². The van der Waals surface area contributed by atoms with Gasteiger partial charge in [0.05, 0.1) is 0 Å². The van der Waals surface area contributed by atoms with Crippen LogP contribution in [0.1, 0.15) is 86.4 Å². The summed E-state index contributed by atoms with van der Waals surface area (Å²) in [4.78, 5) is 2.42. The van der Waals surface area contributed by atoms with Gasteiger partial charge in [0.15, 0.2) is 0 Å². The predicted molar refractivity (Wildman–Crippen MR) is 231 cm³/mol. The van der Waals surface area contributed by atoms with E-state index >= 15 is 0 Å². The van der Waals surface area contributed by atoms with E-state index in [4.69, 9.17) is 9.73 Å². The fourth-order valence-corrected chi connectivity index (χ4v) is 12.0. The Labute approximate surface area is 344 Å². The van der Waals surface area contributed by atoms with Gasteiger partial charge in [0, 0.05) is 42.4 Å². The zero-order chi connectivity index (χ0) is 37.6. The number of anilines is 2. The van der Waals surface area contributed by atoms with Crippen molar-refractivity contribution in [1.29, 1.82) is 0 Å². The standard InChI is InChI=1S/C31H28N2O.C19H22Ge.Ir/c1-19(2)21-12-9-13-22(20(3)4)29(21)33-27-17-7-6-16-26(27)32-31(33)25-15-10-14-24-23-11-5-8-18-28(23)34-30(24)25;1-20(2,3)19-14-13-16(15-9-5-4-6-10-15)17-11-7-8-12-18(17)19;/h5-14,16-20,31H,1-4H3;4-6,9,14H,7-8,11-12H2,1-3H3;/q2*-2;. The first-order chi connectivity index (χ1) is 26.1. The van der Waals surface area contributed by atoms with Crippen molar-refractivity contribution in [2.45, 2.75) is 88.6 Å². The molecule has 2 heterocycles. The Kier molecular flexibility index (Phi) is 11.5. The Morgan fingerprint density at radius 3 is 2.11 bits per heavy atom. The van der Waals surface area contributed by atoms with Gasteiger partial charge in [-0.05, 0) is 41.3 Å². The van der Waals surface area contributed by atoms with Crippen molar-refractivity contribution in [2.75, 3.05) is 4.90 Å². The van der Waals surface area contributed by atoms with E-state index in [1.165, 1.54) is 53.6 Å². The maximum atomic E-state index is 6.42. The minimum Gasteiger partial charge on any atom is 0 e. The summed E-state index contributed by atoms with van der Waals surface area (Å²) in [5.74, 6) is 8.24. The van der Waals surface area contributed by atoms with Crippen molar-refractivity contribution in [2.24, 2.45) is 0 Å². The SMILES string of the molecule is CC(C)c1cccc(C(C)C)c1N1c2ccccc2[N-]C1c1[c-]ccc2c1oc1ccccc12.[CH3][Ge]([CH3])([CH3])[c]1c[c-]c(-c2[c-]cccc2)c2c1CCCC2.[Ir]. The molecular formula is C50H50GeIrN2O-4. The molecule has 1 aliphatic heterocycles. The summed E-state index contributed by atoms with van der Waals surface area (Å²) >= 11 is -1.80. The van der Waals surface area contributed by atoms with Crippen molar-refractivity contribution >= 4 is 56.7 Å². The van der Waals surface area contributed by atoms with Crippen LogP contribution in [0.4, 0.5) is 17.1 Å². The monoisotopic (exact) mass is 961 g/mol. The van der Waals surface area contributed by atoms with Crippen LogP contribution in [0.2, 0.25) is 17.3 Å². The fourth-order valence-electron chi connectivity index (χ4n) is 8.48. The van der Waals surface area contributed by atoms with Crippen LogP contribution in [0.25, 0.3) is 38.4 Å². The molecule has 0 bridgehead atoms. The first kappa shape index (κ1) is 39.2. The van der Waals surface area contributed by atoms with Crippen LogP contribution in [-0.4, -0.2) is 13.3 Å². The second kappa shape index (κ2) is 16.2. The second-order valence-electron chi connectivity index (χ2n) is 16.5. The molecule has 1 radical (unpaired) electrons. The van der Waals surface area contributed by atoms with Crippen LogP contribution in [-0.2, 0) is 32.9 Å². The molecule has 0 fully saturated rings. The molecule has 0 saturated heterocycles. The quantitative estimate of drug-likeness (QED) is 0.123. The Hall–Kier alpha value is -4.09. The van der Waals surface area contributed by atoms with E-state index in [9.17, 15) is 0 Å². The number of para-hydroxylation sites is 4. The Balaban J connectivity index is 0.000000190. The molecule has 1 aliphatic carbocycles. The molecule has 0 spiro atoms. The van der Waals surface area contributed by atoms with Crippen LogP contribution >= 0.6 is 0 Å². The largest absolute Gasteiger partial charge is 0 e. The average molecular weight is 960 g/mol. The average Bonchev–Trinajstić information content (AvgIpc) is 3.76. The van der Waals surface area contributed by atoms with Gasteiger partial charge in [-0.1, -0.05) is 87.7 Å². The molecule has 1 unspecified atom stereocenters. The Morgan fingerprint density at radius 1 is 0.709 bits per heavy atom. The molecule has 0 amide bonds. The fraction of sp³-hybridized carbons (Fsp3) is 0.280. The van der Waals surface area contributed by atoms with Gasteiger partial charge < -0.3 is 14.6 Å². The molecule has 9 rings (SSSR count). The minimum absolute atomic E-state index is 0. The molecule has 6 aromatic carbocycles. The third-order valence-corrected chi connectivity index (χ3v) is 15.4. The molecule has 1 aromatic heterocycles. The van der Waals surface area contributed by atoms with Gasteiger partial charge in [-0.25, -0.2) is 0 Å². The number of hydrogen-bond donors (Lipinski definition) is 0. The topological polar surface area (TPSA) is 30.5 Å². The Bertz CT molecular complexity index is 2420. The minimum atomic E-state index is -1.80. The summed E-state index contributed by atoms with van der Waals surface area (Å²) in [6.07, 6.45) is 4.90. The van der Waals surface area contributed by atoms with Gasteiger partial charge in [0.1, 0.15) is 5.58 Å². The van der Waals surface area contributed by atoms with Crippen molar-refractivity contribution in [3.05, 3.63) is 161 Å². The van der Waals surface area contributed by atoms with Crippen LogP contribution in [0.15, 0.2) is 114 Å². The van der Waals surface area contributed by atoms with Crippen molar-refractivity contribution in [3.8, 4) is 11.1 Å². The normalized spacial score (nSPS) is 15.0. The smallest absolute Gasteiger partial charge is 0 e. The number of hydrogen-bond acceptors (Lipinski definition) is 2. The third-order valence-electron chi connectivity index (χ3n) is 11.1. The maximum absolute atomic E-state index is 6.42. The summed E-state index contributed by atoms with van der Waals surface area (Å²) in [5.41, 5.74) is 14.5. The molecule has 283 valence electrons. The van der Waals surface area contributed by atoms with E-state index in [2.05, 4.69) is 147 Å². The third kappa shape index (κ3) is 7.46. The van der Waals surface area contributed by atoms with Gasteiger partial charge in [0.2, 0.25) is 0 Å². The van der Waals surface area contributed by atoms with E-state index in [0.717, 1.165) is 38.9 Å². The number of fused-ring (bicyclic) bond motifs is 5. The molecule has 7 aromatic rings. The predicted octanol–water partition coefficient (Wildman–Crippen LogP) is 13.9. The van der Waals surface area contributed by atoms with Crippen LogP contribution in [0.3, 0.4) is 0 Å². The van der Waals surface area contributed by atoms with Crippen molar-refractivity contribution < 1.29 is 24.5 Å². The molecule has 0 saturated carbocycles. The van der Waals surface area contributed by atoms with Crippen LogP contribution in [0, 0.1) is 18.2 Å². The molecule has 5 heteroatoms. The summed E-state index contributed by atoms with van der Waals surface area (Å²) in [5, 5.41) is 7.47.